The molecule has 158 valence electrons. The van der Waals surface area contributed by atoms with Crippen LogP contribution < -0.4 is 15.5 Å². The summed E-state index contributed by atoms with van der Waals surface area (Å²) in [6.07, 6.45) is 2.88. The van der Waals surface area contributed by atoms with Gasteiger partial charge in [-0.2, -0.15) is 5.10 Å². The highest BCUT2D eigenvalue weighted by Crippen LogP contribution is 2.21. The van der Waals surface area contributed by atoms with Crippen LogP contribution in [0.1, 0.15) is 27.7 Å². The Morgan fingerprint density at radius 3 is 2.65 bits per heavy atom. The van der Waals surface area contributed by atoms with Crippen molar-refractivity contribution in [3.8, 4) is 11.5 Å². The molecule has 0 unspecified atom stereocenters. The van der Waals surface area contributed by atoms with E-state index in [4.69, 9.17) is 4.74 Å². The van der Waals surface area contributed by atoms with Crippen molar-refractivity contribution in [2.75, 3.05) is 6.61 Å². The Kier molecular flexibility index (Phi) is 7.56. The number of hydrogen-bond acceptors (Lipinski definition) is 6. The molecular weight excluding hydrogens is 414 g/mol. The molecule has 0 bridgehead atoms. The van der Waals surface area contributed by atoms with E-state index < -0.39 is 11.8 Å². The zero-order valence-electron chi connectivity index (χ0n) is 16.7. The standard InChI is InChI=1S/C23H21N3O4S/c1-2-30-18-10-11-21(27)17(13-18)15-24-26-23(29)20(14-19-9-6-12-31-19)25-22(28)16-7-4-3-5-8-16/h3-15,27H,2H2,1H3,(H,25,28)(H,26,29)/b20-14?,24-15+. The second kappa shape index (κ2) is 10.7. The third-order valence-electron chi connectivity index (χ3n) is 4.04. The molecule has 0 radical (unpaired) electrons. The highest BCUT2D eigenvalue weighted by molar-refractivity contribution is 7.10. The lowest BCUT2D eigenvalue weighted by molar-refractivity contribution is -0.117. The van der Waals surface area contributed by atoms with Crippen LogP contribution in [0.25, 0.3) is 6.08 Å². The number of rotatable bonds is 8. The summed E-state index contributed by atoms with van der Waals surface area (Å²) >= 11 is 1.43. The van der Waals surface area contributed by atoms with Gasteiger partial charge < -0.3 is 15.2 Å². The molecule has 2 aromatic carbocycles. The summed E-state index contributed by atoms with van der Waals surface area (Å²) in [6.45, 7) is 2.34. The van der Waals surface area contributed by atoms with Gasteiger partial charge in [-0.15, -0.1) is 11.3 Å². The number of hydrogen-bond donors (Lipinski definition) is 3. The van der Waals surface area contributed by atoms with Crippen molar-refractivity contribution in [2.45, 2.75) is 6.92 Å². The molecule has 0 spiro atoms. The minimum atomic E-state index is -0.602. The quantitative estimate of drug-likeness (QED) is 0.285. The lowest BCUT2D eigenvalue weighted by Crippen LogP contribution is -2.32. The molecule has 31 heavy (non-hydrogen) atoms. The van der Waals surface area contributed by atoms with Gasteiger partial charge >= 0.3 is 0 Å². The van der Waals surface area contributed by atoms with E-state index in [2.05, 4.69) is 15.8 Å². The first-order valence-corrected chi connectivity index (χ1v) is 10.4. The number of nitrogens with zero attached hydrogens (tertiary/aromatic N) is 1. The Hall–Kier alpha value is -3.91. The summed E-state index contributed by atoms with van der Waals surface area (Å²) in [5, 5.41) is 18.4. The van der Waals surface area contributed by atoms with Crippen molar-refractivity contribution in [3.05, 3.63) is 87.7 Å². The SMILES string of the molecule is CCOc1ccc(O)c(/C=N/NC(=O)C(=Cc2cccs2)NC(=O)c2ccccc2)c1. The van der Waals surface area contributed by atoms with E-state index in [1.807, 2.05) is 24.4 Å². The topological polar surface area (TPSA) is 100 Å². The maximum Gasteiger partial charge on any atom is 0.287 e. The van der Waals surface area contributed by atoms with Crippen LogP contribution >= 0.6 is 11.3 Å². The molecule has 2 amide bonds. The van der Waals surface area contributed by atoms with Crippen LogP contribution in [0.15, 0.2) is 76.8 Å². The summed E-state index contributed by atoms with van der Waals surface area (Å²) in [7, 11) is 0. The van der Waals surface area contributed by atoms with E-state index in [1.54, 1.807) is 48.5 Å². The van der Waals surface area contributed by atoms with E-state index in [0.29, 0.717) is 23.5 Å². The number of hydrazone groups is 1. The Bertz CT molecular complexity index is 1090. The predicted molar refractivity (Wildman–Crippen MR) is 121 cm³/mol. The minimum Gasteiger partial charge on any atom is -0.507 e. The number of aromatic hydroxyl groups is 1. The van der Waals surface area contributed by atoms with Gasteiger partial charge in [0.1, 0.15) is 17.2 Å². The zero-order chi connectivity index (χ0) is 22.1. The zero-order valence-corrected chi connectivity index (χ0v) is 17.6. The average Bonchev–Trinajstić information content (AvgIpc) is 3.29. The molecule has 0 aliphatic carbocycles. The molecule has 0 aliphatic heterocycles. The predicted octanol–water partition coefficient (Wildman–Crippen LogP) is 3.77. The number of carbonyl (C=O) groups excluding carboxylic acids is 2. The average molecular weight is 436 g/mol. The summed E-state index contributed by atoms with van der Waals surface area (Å²) in [6, 6.07) is 17.0. The third kappa shape index (κ3) is 6.28. The molecule has 8 heteroatoms. The number of carbonyl (C=O) groups is 2. The second-order valence-electron chi connectivity index (χ2n) is 6.25. The van der Waals surface area contributed by atoms with Crippen molar-refractivity contribution in [1.29, 1.82) is 0 Å². The van der Waals surface area contributed by atoms with E-state index in [0.717, 1.165) is 4.88 Å². The third-order valence-corrected chi connectivity index (χ3v) is 4.86. The van der Waals surface area contributed by atoms with Gasteiger partial charge in [-0.25, -0.2) is 5.43 Å². The molecule has 1 heterocycles. The summed E-state index contributed by atoms with van der Waals surface area (Å²) < 4.78 is 5.40. The number of ether oxygens (including phenoxy) is 1. The monoisotopic (exact) mass is 435 g/mol. The number of phenolic OH excluding ortho intramolecular Hbond substituents is 1. The van der Waals surface area contributed by atoms with E-state index >= 15 is 0 Å². The normalized spacial score (nSPS) is 11.3. The Balaban J connectivity index is 1.75. The highest BCUT2D eigenvalue weighted by atomic mass is 32.1. The number of thiophene rings is 1. The van der Waals surface area contributed by atoms with Gasteiger partial charge in [0.25, 0.3) is 11.8 Å². The lowest BCUT2D eigenvalue weighted by Gasteiger charge is -2.09. The van der Waals surface area contributed by atoms with E-state index in [1.165, 1.54) is 23.6 Å². The maximum absolute atomic E-state index is 12.7. The molecule has 0 aliphatic rings. The molecule has 3 N–H and O–H groups in total. The smallest absolute Gasteiger partial charge is 0.287 e. The molecule has 3 rings (SSSR count). The molecule has 1 aromatic heterocycles. The molecule has 0 atom stereocenters. The van der Waals surface area contributed by atoms with Crippen molar-refractivity contribution < 1.29 is 19.4 Å². The van der Waals surface area contributed by atoms with Crippen LogP contribution in [0.5, 0.6) is 11.5 Å². The molecule has 3 aromatic rings. The van der Waals surface area contributed by atoms with Gasteiger partial charge in [-0.3, -0.25) is 9.59 Å². The fourth-order valence-electron chi connectivity index (χ4n) is 2.57. The van der Waals surface area contributed by atoms with Crippen LogP contribution in [-0.4, -0.2) is 29.7 Å². The van der Waals surface area contributed by atoms with Crippen molar-refractivity contribution in [2.24, 2.45) is 5.10 Å². The Morgan fingerprint density at radius 1 is 1.13 bits per heavy atom. The second-order valence-corrected chi connectivity index (χ2v) is 7.23. The van der Waals surface area contributed by atoms with Crippen molar-refractivity contribution in [3.63, 3.8) is 0 Å². The minimum absolute atomic E-state index is 0.00631. The molecule has 0 saturated carbocycles. The fraction of sp³-hybridized carbons (Fsp3) is 0.0870. The van der Waals surface area contributed by atoms with E-state index in [-0.39, 0.29) is 11.4 Å². The number of benzene rings is 2. The molecular formula is C23H21N3O4S. The summed E-state index contributed by atoms with van der Waals surface area (Å²) in [5.41, 5.74) is 3.22. The molecule has 0 saturated heterocycles. The summed E-state index contributed by atoms with van der Waals surface area (Å²) in [4.78, 5) is 26.0. The molecule has 7 nitrogen and oxygen atoms in total. The maximum atomic E-state index is 12.7. The fourth-order valence-corrected chi connectivity index (χ4v) is 3.23. The Morgan fingerprint density at radius 2 is 1.94 bits per heavy atom. The van der Waals surface area contributed by atoms with Crippen LogP contribution in [-0.2, 0) is 4.79 Å². The van der Waals surface area contributed by atoms with Gasteiger partial charge in [-0.1, -0.05) is 24.3 Å². The number of nitrogens with one attached hydrogen (secondary N) is 2. The highest BCUT2D eigenvalue weighted by Gasteiger charge is 2.14. The number of phenols is 1. The van der Waals surface area contributed by atoms with Gasteiger partial charge in [0.15, 0.2) is 0 Å². The van der Waals surface area contributed by atoms with Crippen LogP contribution in [0, 0.1) is 0 Å². The van der Waals surface area contributed by atoms with E-state index in [9.17, 15) is 14.7 Å². The van der Waals surface area contributed by atoms with Gasteiger partial charge in [-0.05, 0) is 54.8 Å². The first-order valence-electron chi connectivity index (χ1n) is 9.47. The van der Waals surface area contributed by atoms with Crippen molar-refractivity contribution >= 4 is 35.4 Å². The number of amides is 2. The Labute approximate surface area is 183 Å². The van der Waals surface area contributed by atoms with Crippen molar-refractivity contribution in [1.82, 2.24) is 10.7 Å². The largest absolute Gasteiger partial charge is 0.507 e. The van der Waals surface area contributed by atoms with Gasteiger partial charge in [0.2, 0.25) is 0 Å². The van der Waals surface area contributed by atoms with Gasteiger partial charge in [0.05, 0.1) is 12.8 Å². The first kappa shape index (κ1) is 21.8. The van der Waals surface area contributed by atoms with Crippen LogP contribution in [0.4, 0.5) is 0 Å². The first-order chi connectivity index (χ1) is 15.1. The lowest BCUT2D eigenvalue weighted by atomic mass is 10.2. The molecule has 0 fully saturated rings. The summed E-state index contributed by atoms with van der Waals surface area (Å²) in [5.74, 6) is -0.450. The van der Waals surface area contributed by atoms with Crippen LogP contribution in [0.3, 0.4) is 0 Å². The van der Waals surface area contributed by atoms with Gasteiger partial charge in [0, 0.05) is 16.0 Å². The van der Waals surface area contributed by atoms with Crippen LogP contribution in [0.2, 0.25) is 0 Å².